The Morgan fingerprint density at radius 1 is 1.24 bits per heavy atom. The van der Waals surface area contributed by atoms with Gasteiger partial charge in [-0.15, -0.1) is 0 Å². The van der Waals surface area contributed by atoms with Gasteiger partial charge in [0.2, 0.25) is 0 Å². The van der Waals surface area contributed by atoms with Crippen molar-refractivity contribution in [1.82, 2.24) is 10.2 Å². The van der Waals surface area contributed by atoms with Gasteiger partial charge in [-0.3, -0.25) is 0 Å². The zero-order valence-electron chi connectivity index (χ0n) is 12.2. The second-order valence-corrected chi connectivity index (χ2v) is 6.28. The first-order chi connectivity index (χ1) is 9.79. The summed E-state index contributed by atoms with van der Waals surface area (Å²) in [6, 6.07) is -0.00955. The van der Waals surface area contributed by atoms with E-state index in [4.69, 9.17) is 0 Å². The molecule has 0 aromatic heterocycles. The number of nitrogens with one attached hydrogen (secondary N) is 1. The fraction of sp³-hybridized carbons (Fsp3) is 0.929. The van der Waals surface area contributed by atoms with E-state index in [1.807, 2.05) is 0 Å². The molecule has 2 aliphatic rings. The number of carbonyl (C=O) groups excluding carboxylic acids is 1. The maximum absolute atomic E-state index is 12.5. The molecule has 0 radical (unpaired) electrons. The summed E-state index contributed by atoms with van der Waals surface area (Å²) in [6.07, 6.45) is -3.30. The lowest BCUT2D eigenvalue weighted by atomic mass is 9.91. The van der Waals surface area contributed by atoms with Crippen LogP contribution in [0.5, 0.6) is 0 Å². The standard InChI is InChI=1S/C14H23F3N2O2/c1-9-3-2-4-11(9)18-13(21)19-7-5-10(6-8-19)12(20)14(15,16)17/h9-12,20H,2-8H2,1H3,(H,18,21). The Labute approximate surface area is 122 Å². The highest BCUT2D eigenvalue weighted by Crippen LogP contribution is 2.32. The Morgan fingerprint density at radius 2 is 1.86 bits per heavy atom. The van der Waals surface area contributed by atoms with E-state index in [0.717, 1.165) is 19.3 Å². The van der Waals surface area contributed by atoms with Gasteiger partial charge in [0.05, 0.1) is 0 Å². The van der Waals surface area contributed by atoms with E-state index in [2.05, 4.69) is 12.2 Å². The number of alkyl halides is 3. The van der Waals surface area contributed by atoms with Gasteiger partial charge in [-0.25, -0.2) is 4.79 Å². The largest absolute Gasteiger partial charge is 0.414 e. The summed E-state index contributed by atoms with van der Waals surface area (Å²) in [5, 5.41) is 12.2. The molecular formula is C14H23F3N2O2. The first-order valence-corrected chi connectivity index (χ1v) is 7.59. The molecule has 3 unspecified atom stereocenters. The highest BCUT2D eigenvalue weighted by atomic mass is 19.4. The Kier molecular flexibility index (Phi) is 5.01. The highest BCUT2D eigenvalue weighted by molar-refractivity contribution is 5.74. The van der Waals surface area contributed by atoms with E-state index in [1.165, 1.54) is 0 Å². The zero-order chi connectivity index (χ0) is 15.6. The maximum Gasteiger partial charge on any atom is 0.414 e. The molecule has 1 saturated carbocycles. The first-order valence-electron chi connectivity index (χ1n) is 7.59. The van der Waals surface area contributed by atoms with Crippen LogP contribution in [-0.2, 0) is 0 Å². The summed E-state index contributed by atoms with van der Waals surface area (Å²) in [5.74, 6) is -0.349. The molecule has 1 saturated heterocycles. The summed E-state index contributed by atoms with van der Waals surface area (Å²) < 4.78 is 37.4. The normalized spacial score (nSPS) is 29.5. The molecule has 21 heavy (non-hydrogen) atoms. The van der Waals surface area contributed by atoms with E-state index < -0.39 is 18.2 Å². The van der Waals surface area contributed by atoms with Crippen molar-refractivity contribution in [3.8, 4) is 0 Å². The van der Waals surface area contributed by atoms with Crippen LogP contribution in [0, 0.1) is 11.8 Å². The first kappa shape index (κ1) is 16.4. The predicted molar refractivity (Wildman–Crippen MR) is 71.7 cm³/mol. The van der Waals surface area contributed by atoms with E-state index >= 15 is 0 Å². The SMILES string of the molecule is CC1CCCC1NC(=O)N1CCC(C(O)C(F)(F)F)CC1. The third-order valence-corrected chi connectivity index (χ3v) is 4.78. The number of urea groups is 1. The van der Waals surface area contributed by atoms with Gasteiger partial charge in [0.25, 0.3) is 0 Å². The van der Waals surface area contributed by atoms with Crippen LogP contribution in [0.4, 0.5) is 18.0 Å². The Morgan fingerprint density at radius 3 is 2.33 bits per heavy atom. The van der Waals surface area contributed by atoms with Crippen LogP contribution >= 0.6 is 0 Å². The quantitative estimate of drug-likeness (QED) is 0.823. The lowest BCUT2D eigenvalue weighted by molar-refractivity contribution is -0.222. The lowest BCUT2D eigenvalue weighted by Gasteiger charge is -2.35. The monoisotopic (exact) mass is 308 g/mol. The summed E-state index contributed by atoms with van der Waals surface area (Å²) in [7, 11) is 0. The highest BCUT2D eigenvalue weighted by Gasteiger charge is 2.44. The van der Waals surface area contributed by atoms with Crippen molar-refractivity contribution >= 4 is 6.03 Å². The topological polar surface area (TPSA) is 52.6 Å². The summed E-state index contributed by atoms with van der Waals surface area (Å²) >= 11 is 0. The van der Waals surface area contributed by atoms with Gasteiger partial charge in [-0.05, 0) is 37.5 Å². The molecule has 4 nitrogen and oxygen atoms in total. The molecule has 0 aromatic rings. The van der Waals surface area contributed by atoms with Crippen LogP contribution in [-0.4, -0.2) is 47.4 Å². The van der Waals surface area contributed by atoms with E-state index in [9.17, 15) is 23.1 Å². The van der Waals surface area contributed by atoms with Crippen molar-refractivity contribution in [2.24, 2.45) is 11.8 Å². The third-order valence-electron chi connectivity index (χ3n) is 4.78. The van der Waals surface area contributed by atoms with Gasteiger partial charge in [0.1, 0.15) is 0 Å². The van der Waals surface area contributed by atoms with E-state index in [1.54, 1.807) is 4.90 Å². The van der Waals surface area contributed by atoms with Crippen LogP contribution in [0.25, 0.3) is 0 Å². The molecule has 2 amide bonds. The number of hydrogen-bond donors (Lipinski definition) is 2. The number of nitrogens with zero attached hydrogens (tertiary/aromatic N) is 1. The number of carbonyl (C=O) groups is 1. The number of likely N-dealkylation sites (tertiary alicyclic amines) is 1. The molecule has 2 N–H and O–H groups in total. The second kappa shape index (κ2) is 6.42. The summed E-state index contributed by atoms with van der Waals surface area (Å²) in [4.78, 5) is 13.7. The number of rotatable bonds is 2. The Hall–Kier alpha value is -0.980. The smallest absolute Gasteiger partial charge is 0.383 e. The van der Waals surface area contributed by atoms with Crippen LogP contribution in [0.15, 0.2) is 0 Å². The summed E-state index contributed by atoms with van der Waals surface area (Å²) in [5.41, 5.74) is 0. The molecule has 2 rings (SSSR count). The molecule has 2 fully saturated rings. The van der Waals surface area contributed by atoms with Crippen LogP contribution in [0.3, 0.4) is 0 Å². The van der Waals surface area contributed by atoms with Crippen molar-refractivity contribution in [1.29, 1.82) is 0 Å². The minimum atomic E-state index is -4.58. The average molecular weight is 308 g/mol. The maximum atomic E-state index is 12.5. The molecule has 122 valence electrons. The lowest BCUT2D eigenvalue weighted by Crippen LogP contribution is -2.50. The number of aliphatic hydroxyl groups is 1. The fourth-order valence-corrected chi connectivity index (χ4v) is 3.30. The van der Waals surface area contributed by atoms with E-state index in [0.29, 0.717) is 5.92 Å². The van der Waals surface area contributed by atoms with Crippen LogP contribution in [0.1, 0.15) is 39.0 Å². The molecule has 7 heteroatoms. The molecule has 0 aromatic carbocycles. The molecule has 1 aliphatic carbocycles. The minimum Gasteiger partial charge on any atom is -0.383 e. The van der Waals surface area contributed by atoms with Crippen molar-refractivity contribution < 1.29 is 23.1 Å². The number of hydrogen-bond acceptors (Lipinski definition) is 2. The number of amides is 2. The zero-order valence-corrected chi connectivity index (χ0v) is 12.2. The van der Waals surface area contributed by atoms with Crippen LogP contribution in [0.2, 0.25) is 0 Å². The molecule has 3 atom stereocenters. The van der Waals surface area contributed by atoms with Crippen LogP contribution < -0.4 is 5.32 Å². The number of piperidine rings is 1. The van der Waals surface area contributed by atoms with Crippen molar-refractivity contribution in [2.75, 3.05) is 13.1 Å². The molecule has 1 heterocycles. The number of aliphatic hydroxyl groups excluding tert-OH is 1. The number of halogens is 3. The minimum absolute atomic E-state index is 0.177. The Bertz CT molecular complexity index is 368. The molecule has 0 bridgehead atoms. The Balaban J connectivity index is 1.79. The van der Waals surface area contributed by atoms with Crippen molar-refractivity contribution in [3.63, 3.8) is 0 Å². The fourth-order valence-electron chi connectivity index (χ4n) is 3.30. The van der Waals surface area contributed by atoms with Gasteiger partial charge in [0.15, 0.2) is 6.10 Å². The predicted octanol–water partition coefficient (Wildman–Crippen LogP) is 2.52. The summed E-state index contributed by atoms with van der Waals surface area (Å²) in [6.45, 7) is 2.64. The van der Waals surface area contributed by atoms with Crippen molar-refractivity contribution in [3.05, 3.63) is 0 Å². The molecule has 0 spiro atoms. The van der Waals surface area contributed by atoms with Crippen molar-refractivity contribution in [2.45, 2.75) is 57.3 Å². The average Bonchev–Trinajstić information content (AvgIpc) is 2.82. The second-order valence-electron chi connectivity index (χ2n) is 6.28. The molecular weight excluding hydrogens is 285 g/mol. The van der Waals surface area contributed by atoms with Gasteiger partial charge >= 0.3 is 12.2 Å². The van der Waals surface area contributed by atoms with Gasteiger partial charge in [-0.2, -0.15) is 13.2 Å². The van der Waals surface area contributed by atoms with Gasteiger partial charge in [0, 0.05) is 19.1 Å². The van der Waals surface area contributed by atoms with Gasteiger partial charge in [-0.1, -0.05) is 13.3 Å². The molecule has 1 aliphatic heterocycles. The van der Waals surface area contributed by atoms with Gasteiger partial charge < -0.3 is 15.3 Å². The van der Waals surface area contributed by atoms with E-state index in [-0.39, 0.29) is 38.0 Å². The third kappa shape index (κ3) is 4.02.